The molecule has 0 saturated heterocycles. The molecule has 0 atom stereocenters. The molecule has 0 aliphatic heterocycles. The quantitative estimate of drug-likeness (QED) is 0.189. The van der Waals surface area contributed by atoms with Crippen molar-refractivity contribution in [1.29, 1.82) is 0 Å². The van der Waals surface area contributed by atoms with E-state index in [1.807, 2.05) is 135 Å². The first-order valence-electron chi connectivity index (χ1n) is 13.4. The van der Waals surface area contributed by atoms with Crippen molar-refractivity contribution in [2.24, 2.45) is 0 Å². The molecule has 0 bridgehead atoms. The molecule has 5 rings (SSSR count). The molecular weight excluding hydrogens is 512 g/mol. The summed E-state index contributed by atoms with van der Waals surface area (Å²) in [6, 6.07) is 30.4. The van der Waals surface area contributed by atoms with Gasteiger partial charge in [0.05, 0.1) is 0 Å². The molecule has 206 valence electrons. The van der Waals surface area contributed by atoms with Gasteiger partial charge in [-0.05, 0) is 83.9 Å². The van der Waals surface area contributed by atoms with Crippen LogP contribution in [0.15, 0.2) is 101 Å². The molecule has 0 unspecified atom stereocenters. The average molecular weight is 545 g/mol. The van der Waals surface area contributed by atoms with Crippen LogP contribution in [0.4, 0.5) is 11.4 Å². The molecule has 1 heterocycles. The topological polar surface area (TPSA) is 79.5 Å². The van der Waals surface area contributed by atoms with Crippen molar-refractivity contribution in [3.05, 3.63) is 119 Å². The molecule has 0 amide bonds. The highest BCUT2D eigenvalue weighted by Crippen LogP contribution is 2.25. The van der Waals surface area contributed by atoms with Crippen molar-refractivity contribution < 1.29 is 14.0 Å². The van der Waals surface area contributed by atoms with Crippen LogP contribution in [0.1, 0.15) is 31.8 Å². The number of benzene rings is 4. The second kappa shape index (κ2) is 12.0. The summed E-state index contributed by atoms with van der Waals surface area (Å²) in [4.78, 5) is 29.5. The molecular formula is C34H32N4O3. The number of hydrogen-bond donors (Lipinski definition) is 0. The maximum absolute atomic E-state index is 12.7. The van der Waals surface area contributed by atoms with Gasteiger partial charge in [-0.15, -0.1) is 10.2 Å². The van der Waals surface area contributed by atoms with E-state index in [4.69, 9.17) is 4.42 Å². The lowest BCUT2D eigenvalue weighted by molar-refractivity contribution is 0.0985. The second-order valence-electron chi connectivity index (χ2n) is 10.4. The van der Waals surface area contributed by atoms with E-state index in [1.165, 1.54) is 0 Å². The van der Waals surface area contributed by atoms with Crippen LogP contribution >= 0.6 is 0 Å². The van der Waals surface area contributed by atoms with Crippen molar-refractivity contribution in [2.45, 2.75) is 12.8 Å². The third kappa shape index (κ3) is 6.58. The molecule has 7 heteroatoms. The number of carbonyl (C=O) groups excluding carboxylic acids is 2. The van der Waals surface area contributed by atoms with Gasteiger partial charge in [-0.25, -0.2) is 0 Å². The summed E-state index contributed by atoms with van der Waals surface area (Å²) in [5, 5.41) is 8.42. The van der Waals surface area contributed by atoms with Crippen LogP contribution in [0.25, 0.3) is 22.9 Å². The van der Waals surface area contributed by atoms with Crippen LogP contribution in [0, 0.1) is 0 Å². The van der Waals surface area contributed by atoms with Gasteiger partial charge in [0.15, 0.2) is 11.6 Å². The van der Waals surface area contributed by atoms with Gasteiger partial charge in [-0.3, -0.25) is 9.59 Å². The Labute approximate surface area is 240 Å². The average Bonchev–Trinajstić information content (AvgIpc) is 3.48. The van der Waals surface area contributed by atoms with Gasteiger partial charge in [0, 0.05) is 74.7 Å². The van der Waals surface area contributed by atoms with Gasteiger partial charge >= 0.3 is 0 Å². The first-order valence-corrected chi connectivity index (χ1v) is 13.4. The maximum Gasteiger partial charge on any atom is 0.248 e. The molecule has 0 radical (unpaired) electrons. The van der Waals surface area contributed by atoms with Crippen molar-refractivity contribution in [3.8, 4) is 22.9 Å². The number of hydrogen-bond acceptors (Lipinski definition) is 7. The summed E-state index contributed by atoms with van der Waals surface area (Å²) < 4.78 is 5.93. The zero-order valence-electron chi connectivity index (χ0n) is 23.7. The fourth-order valence-corrected chi connectivity index (χ4v) is 4.45. The lowest BCUT2D eigenvalue weighted by Gasteiger charge is -2.12. The molecule has 0 aliphatic rings. The van der Waals surface area contributed by atoms with Crippen LogP contribution in [0.3, 0.4) is 0 Å². The van der Waals surface area contributed by atoms with E-state index >= 15 is 0 Å². The zero-order valence-corrected chi connectivity index (χ0v) is 23.7. The van der Waals surface area contributed by atoms with Crippen molar-refractivity contribution in [3.63, 3.8) is 0 Å². The molecule has 0 fully saturated rings. The Morgan fingerprint density at radius 1 is 0.537 bits per heavy atom. The largest absolute Gasteiger partial charge is 0.416 e. The van der Waals surface area contributed by atoms with E-state index in [1.54, 1.807) is 0 Å². The highest BCUT2D eigenvalue weighted by Gasteiger charge is 2.13. The summed E-state index contributed by atoms with van der Waals surface area (Å²) in [6.07, 6.45) is 0.625. The Balaban J connectivity index is 1.20. The Morgan fingerprint density at radius 2 is 0.878 bits per heavy atom. The molecule has 0 aliphatic carbocycles. The van der Waals surface area contributed by atoms with Gasteiger partial charge in [0.2, 0.25) is 11.8 Å². The fourth-order valence-electron chi connectivity index (χ4n) is 4.45. The summed E-state index contributed by atoms with van der Waals surface area (Å²) in [7, 11) is 7.88. The monoisotopic (exact) mass is 544 g/mol. The van der Waals surface area contributed by atoms with Gasteiger partial charge < -0.3 is 14.2 Å². The molecule has 0 saturated carbocycles. The minimum Gasteiger partial charge on any atom is -0.416 e. The molecule has 5 aromatic rings. The Morgan fingerprint density at radius 3 is 1.20 bits per heavy atom. The molecule has 1 aromatic heterocycles. The van der Waals surface area contributed by atoms with Crippen LogP contribution in [0.5, 0.6) is 0 Å². The van der Waals surface area contributed by atoms with Crippen LogP contribution < -0.4 is 9.80 Å². The highest BCUT2D eigenvalue weighted by molar-refractivity contribution is 5.98. The summed E-state index contributed by atoms with van der Waals surface area (Å²) >= 11 is 0. The van der Waals surface area contributed by atoms with Gasteiger partial charge in [-0.1, -0.05) is 24.3 Å². The first kappa shape index (κ1) is 27.5. The Hall–Kier alpha value is -5.04. The van der Waals surface area contributed by atoms with E-state index < -0.39 is 0 Å². The number of nitrogens with zero attached hydrogens (tertiary/aromatic N) is 4. The van der Waals surface area contributed by atoms with Crippen LogP contribution in [-0.2, 0) is 12.8 Å². The van der Waals surface area contributed by atoms with Gasteiger partial charge in [0.25, 0.3) is 0 Å². The minimum absolute atomic E-state index is 0.0653. The molecule has 0 spiro atoms. The predicted octanol–water partition coefficient (Wildman–Crippen LogP) is 6.39. The van der Waals surface area contributed by atoms with E-state index in [2.05, 4.69) is 10.2 Å². The van der Waals surface area contributed by atoms with E-state index in [-0.39, 0.29) is 11.6 Å². The molecule has 41 heavy (non-hydrogen) atoms. The number of ketones is 2. The fraction of sp³-hybridized carbons (Fsp3) is 0.176. The number of carbonyl (C=O) groups is 2. The van der Waals surface area contributed by atoms with Gasteiger partial charge in [-0.2, -0.15) is 0 Å². The standard InChI is InChI=1S/C34H32N4O3/c1-37(2)29-17-13-25(14-18-29)31(39)21-23-5-9-27(10-6-23)33-35-36-34(41-33)28-11-7-24(8-12-28)22-32(40)26-15-19-30(20-16-26)38(3)4/h5-20H,21-22H2,1-4H3. The van der Waals surface area contributed by atoms with E-state index in [0.29, 0.717) is 35.7 Å². The molecule has 0 N–H and O–H groups in total. The molecule has 7 nitrogen and oxygen atoms in total. The third-order valence-electron chi connectivity index (χ3n) is 6.97. The first-order chi connectivity index (χ1) is 19.8. The number of aromatic nitrogens is 2. The van der Waals surface area contributed by atoms with E-state index in [9.17, 15) is 9.59 Å². The normalized spacial score (nSPS) is 10.8. The van der Waals surface area contributed by atoms with Crippen LogP contribution in [-0.4, -0.2) is 50.0 Å². The molecule has 4 aromatic carbocycles. The summed E-state index contributed by atoms with van der Waals surface area (Å²) in [5.74, 6) is 0.932. The number of rotatable bonds is 10. The summed E-state index contributed by atoms with van der Waals surface area (Å²) in [5.41, 5.74) is 6.86. The van der Waals surface area contributed by atoms with Crippen molar-refractivity contribution >= 4 is 22.9 Å². The maximum atomic E-state index is 12.7. The van der Waals surface area contributed by atoms with Crippen molar-refractivity contribution in [2.75, 3.05) is 38.0 Å². The Bertz CT molecular complexity index is 1510. The summed E-state index contributed by atoms with van der Waals surface area (Å²) in [6.45, 7) is 0. The lowest BCUT2D eigenvalue weighted by atomic mass is 10.0. The van der Waals surface area contributed by atoms with E-state index in [0.717, 1.165) is 33.6 Å². The van der Waals surface area contributed by atoms with Crippen molar-refractivity contribution in [1.82, 2.24) is 10.2 Å². The zero-order chi connectivity index (χ0) is 28.9. The predicted molar refractivity (Wildman–Crippen MR) is 163 cm³/mol. The minimum atomic E-state index is 0.0653. The Kier molecular flexibility index (Phi) is 8.06. The lowest BCUT2D eigenvalue weighted by Crippen LogP contribution is -2.09. The smallest absolute Gasteiger partial charge is 0.248 e. The third-order valence-corrected chi connectivity index (χ3v) is 6.97. The number of Topliss-reactive ketones (excluding diaryl/α,β-unsaturated/α-hetero) is 2. The highest BCUT2D eigenvalue weighted by atomic mass is 16.4. The SMILES string of the molecule is CN(C)c1ccc(C(=O)Cc2ccc(-c3nnc(-c4ccc(CC(=O)c5ccc(N(C)C)cc5)cc4)o3)cc2)cc1. The second-order valence-corrected chi connectivity index (χ2v) is 10.4. The van der Waals surface area contributed by atoms with Gasteiger partial charge in [0.1, 0.15) is 0 Å². The number of anilines is 2. The van der Waals surface area contributed by atoms with Crippen LogP contribution in [0.2, 0.25) is 0 Å².